The average Bonchev–Trinajstić information content (AvgIpc) is 2.95. The van der Waals surface area contributed by atoms with E-state index in [-0.39, 0.29) is 24.3 Å². The van der Waals surface area contributed by atoms with Crippen LogP contribution in [0.2, 0.25) is 0 Å². The van der Waals surface area contributed by atoms with Crippen LogP contribution < -0.4 is 5.32 Å². The fourth-order valence-corrected chi connectivity index (χ4v) is 2.31. The van der Waals surface area contributed by atoms with Crippen molar-refractivity contribution in [3.8, 4) is 0 Å². The van der Waals surface area contributed by atoms with Gasteiger partial charge in [0.15, 0.2) is 0 Å². The number of para-hydroxylation sites is 2. The lowest BCUT2D eigenvalue weighted by atomic mass is 10.3. The lowest BCUT2D eigenvalue weighted by Gasteiger charge is -2.12. The largest absolute Gasteiger partial charge is 0.449 e. The monoisotopic (exact) mass is 335 g/mol. The minimum atomic E-state index is -4.58. The number of halogens is 3. The van der Waals surface area contributed by atoms with Crippen molar-refractivity contribution >= 4 is 16.9 Å². The molecule has 0 aliphatic rings. The first-order valence-corrected chi connectivity index (χ1v) is 7.03. The van der Waals surface area contributed by atoms with Crippen molar-refractivity contribution in [1.29, 1.82) is 0 Å². The zero-order valence-electron chi connectivity index (χ0n) is 12.3. The van der Waals surface area contributed by atoms with Gasteiger partial charge in [-0.1, -0.05) is 12.1 Å². The van der Waals surface area contributed by atoms with Crippen LogP contribution in [0.4, 0.5) is 13.2 Å². The minimum Gasteiger partial charge on any atom is -0.349 e. The highest BCUT2D eigenvalue weighted by molar-refractivity contribution is 5.91. The van der Waals surface area contributed by atoms with Crippen molar-refractivity contribution in [3.05, 3.63) is 54.4 Å². The van der Waals surface area contributed by atoms with E-state index >= 15 is 0 Å². The molecule has 0 atom stereocenters. The number of amides is 1. The molecule has 3 aromatic rings. The summed E-state index contributed by atoms with van der Waals surface area (Å²) in [4.78, 5) is 23.1. The minimum absolute atomic E-state index is 0.00115. The maximum atomic E-state index is 13.1. The lowest BCUT2D eigenvalue weighted by Crippen LogP contribution is -2.29. The van der Waals surface area contributed by atoms with Gasteiger partial charge in [0, 0.05) is 25.5 Å². The molecule has 3 rings (SSSR count). The standard InChI is InChI=1S/C15H12F3N5O/c16-15(17,18)14-22-10-3-1-2-4-12(10)23(14)8-7-21-13(24)11-9-19-5-6-20-11/h1-6,9H,7-8H2,(H,21,24). The summed E-state index contributed by atoms with van der Waals surface area (Å²) in [5.74, 6) is -1.49. The molecule has 1 N–H and O–H groups in total. The Balaban J connectivity index is 1.79. The van der Waals surface area contributed by atoms with Crippen LogP contribution in [-0.4, -0.2) is 32.0 Å². The Morgan fingerprint density at radius 3 is 2.71 bits per heavy atom. The highest BCUT2D eigenvalue weighted by Gasteiger charge is 2.37. The first kappa shape index (κ1) is 15.9. The van der Waals surface area contributed by atoms with Crippen LogP contribution >= 0.6 is 0 Å². The molecule has 9 heteroatoms. The average molecular weight is 335 g/mol. The van der Waals surface area contributed by atoms with Crippen molar-refractivity contribution in [2.24, 2.45) is 0 Å². The molecular weight excluding hydrogens is 323 g/mol. The van der Waals surface area contributed by atoms with Gasteiger partial charge in [0.2, 0.25) is 5.82 Å². The van der Waals surface area contributed by atoms with E-state index in [9.17, 15) is 18.0 Å². The van der Waals surface area contributed by atoms with Gasteiger partial charge in [0.25, 0.3) is 5.91 Å². The summed E-state index contributed by atoms with van der Waals surface area (Å²) in [6, 6.07) is 6.33. The molecule has 0 saturated carbocycles. The normalized spacial score (nSPS) is 11.6. The summed E-state index contributed by atoms with van der Waals surface area (Å²) in [7, 11) is 0. The molecule has 124 valence electrons. The Kier molecular flexibility index (Phi) is 4.15. The predicted octanol–water partition coefficient (Wildman–Crippen LogP) is 2.28. The van der Waals surface area contributed by atoms with E-state index in [1.807, 2.05) is 0 Å². The second-order valence-electron chi connectivity index (χ2n) is 4.92. The molecule has 1 amide bonds. The van der Waals surface area contributed by atoms with Gasteiger partial charge in [-0.3, -0.25) is 9.78 Å². The van der Waals surface area contributed by atoms with Crippen molar-refractivity contribution in [2.45, 2.75) is 12.7 Å². The number of carbonyl (C=O) groups is 1. The highest BCUT2D eigenvalue weighted by Crippen LogP contribution is 2.31. The fourth-order valence-electron chi connectivity index (χ4n) is 2.31. The summed E-state index contributed by atoms with van der Waals surface area (Å²) >= 11 is 0. The van der Waals surface area contributed by atoms with Gasteiger partial charge in [0.05, 0.1) is 17.2 Å². The first-order chi connectivity index (χ1) is 11.5. The van der Waals surface area contributed by atoms with Gasteiger partial charge in [-0.15, -0.1) is 0 Å². The molecule has 0 spiro atoms. The summed E-state index contributed by atoms with van der Waals surface area (Å²) in [6.45, 7) is -0.0692. The molecule has 1 aromatic carbocycles. The first-order valence-electron chi connectivity index (χ1n) is 7.03. The Hall–Kier alpha value is -2.97. The maximum absolute atomic E-state index is 13.1. The summed E-state index contributed by atoms with van der Waals surface area (Å²) in [5.41, 5.74) is 0.715. The quantitative estimate of drug-likeness (QED) is 0.794. The molecule has 0 bridgehead atoms. The number of aromatic nitrogens is 4. The molecule has 2 heterocycles. The van der Waals surface area contributed by atoms with Crippen LogP contribution in [0.5, 0.6) is 0 Å². The Morgan fingerprint density at radius 1 is 1.21 bits per heavy atom. The van der Waals surface area contributed by atoms with E-state index < -0.39 is 17.9 Å². The van der Waals surface area contributed by atoms with Crippen LogP contribution in [0.25, 0.3) is 11.0 Å². The smallest absolute Gasteiger partial charge is 0.349 e. The molecule has 2 aromatic heterocycles. The molecule has 0 aliphatic carbocycles. The molecular formula is C15H12F3N5O. The molecule has 0 fully saturated rings. The number of nitrogens with zero attached hydrogens (tertiary/aromatic N) is 4. The Labute approximate surface area is 134 Å². The molecule has 0 unspecified atom stereocenters. The number of alkyl halides is 3. The van der Waals surface area contributed by atoms with Gasteiger partial charge in [-0.2, -0.15) is 13.2 Å². The number of benzene rings is 1. The summed E-state index contributed by atoms with van der Waals surface area (Å²) in [5, 5.41) is 2.52. The molecule has 0 radical (unpaired) electrons. The van der Waals surface area contributed by atoms with Crippen molar-refractivity contribution < 1.29 is 18.0 Å². The van der Waals surface area contributed by atoms with Crippen molar-refractivity contribution in [2.75, 3.05) is 6.54 Å². The van der Waals surface area contributed by atoms with Crippen molar-refractivity contribution in [1.82, 2.24) is 24.8 Å². The molecule has 0 aliphatic heterocycles. The van der Waals surface area contributed by atoms with Crippen LogP contribution in [0.15, 0.2) is 42.9 Å². The Morgan fingerprint density at radius 2 is 2.00 bits per heavy atom. The van der Waals surface area contributed by atoms with E-state index in [0.29, 0.717) is 5.52 Å². The summed E-state index contributed by atoms with van der Waals surface area (Å²) in [6.07, 6.45) is -0.513. The zero-order chi connectivity index (χ0) is 17.2. The number of imidazole rings is 1. The molecule has 0 saturated heterocycles. The lowest BCUT2D eigenvalue weighted by molar-refractivity contribution is -0.146. The third-order valence-electron chi connectivity index (χ3n) is 3.32. The summed E-state index contributed by atoms with van der Waals surface area (Å²) < 4.78 is 40.5. The fraction of sp³-hybridized carbons (Fsp3) is 0.200. The van der Waals surface area contributed by atoms with Crippen molar-refractivity contribution in [3.63, 3.8) is 0 Å². The second kappa shape index (κ2) is 6.26. The number of fused-ring (bicyclic) bond motifs is 1. The molecule has 24 heavy (non-hydrogen) atoms. The third-order valence-corrected chi connectivity index (χ3v) is 3.32. The third kappa shape index (κ3) is 3.19. The second-order valence-corrected chi connectivity index (χ2v) is 4.92. The van der Waals surface area contributed by atoms with Crippen LogP contribution in [0.1, 0.15) is 16.3 Å². The maximum Gasteiger partial charge on any atom is 0.449 e. The van der Waals surface area contributed by atoms with E-state index in [0.717, 1.165) is 4.57 Å². The van der Waals surface area contributed by atoms with Gasteiger partial charge in [-0.05, 0) is 12.1 Å². The van der Waals surface area contributed by atoms with Crippen LogP contribution in [-0.2, 0) is 12.7 Å². The van der Waals surface area contributed by atoms with Gasteiger partial charge in [0.1, 0.15) is 5.69 Å². The van der Waals surface area contributed by atoms with Gasteiger partial charge in [-0.25, -0.2) is 9.97 Å². The van der Waals surface area contributed by atoms with E-state index in [2.05, 4.69) is 20.3 Å². The highest BCUT2D eigenvalue weighted by atomic mass is 19.4. The van der Waals surface area contributed by atoms with Gasteiger partial charge < -0.3 is 9.88 Å². The zero-order valence-corrected chi connectivity index (χ0v) is 12.3. The number of hydrogen-bond donors (Lipinski definition) is 1. The van der Waals surface area contributed by atoms with E-state index in [1.165, 1.54) is 24.7 Å². The van der Waals surface area contributed by atoms with E-state index in [4.69, 9.17) is 0 Å². The van der Waals surface area contributed by atoms with Crippen LogP contribution in [0, 0.1) is 0 Å². The van der Waals surface area contributed by atoms with Crippen LogP contribution in [0.3, 0.4) is 0 Å². The Bertz CT molecular complexity index is 860. The number of carbonyl (C=O) groups excluding carboxylic acids is 1. The topological polar surface area (TPSA) is 72.7 Å². The van der Waals surface area contributed by atoms with Gasteiger partial charge >= 0.3 is 6.18 Å². The predicted molar refractivity (Wildman–Crippen MR) is 79.1 cm³/mol. The molecule has 6 nitrogen and oxygen atoms in total. The van der Waals surface area contributed by atoms with E-state index in [1.54, 1.807) is 18.2 Å². The number of nitrogens with one attached hydrogen (secondary N) is 1. The SMILES string of the molecule is O=C(NCCn1c(C(F)(F)F)nc2ccccc21)c1cnccn1. The number of hydrogen-bond acceptors (Lipinski definition) is 4. The number of rotatable bonds is 4.